The van der Waals surface area contributed by atoms with Crippen LogP contribution in [0.4, 0.5) is 0 Å². The number of aromatic nitrogens is 2. The summed E-state index contributed by atoms with van der Waals surface area (Å²) in [5, 5.41) is 13.1. The van der Waals surface area contributed by atoms with Gasteiger partial charge in [-0.25, -0.2) is 0 Å². The monoisotopic (exact) mass is 217 g/mol. The molecule has 0 aliphatic rings. The van der Waals surface area contributed by atoms with Crippen LogP contribution in [0.2, 0.25) is 5.02 Å². The Morgan fingerprint density at radius 1 is 1.79 bits per heavy atom. The highest BCUT2D eigenvalue weighted by Gasteiger charge is 2.19. The van der Waals surface area contributed by atoms with Crippen LogP contribution in [0.3, 0.4) is 0 Å². The van der Waals surface area contributed by atoms with Gasteiger partial charge in [-0.05, 0) is 6.92 Å². The molecule has 1 aromatic rings. The van der Waals surface area contributed by atoms with Gasteiger partial charge in [0.2, 0.25) is 0 Å². The van der Waals surface area contributed by atoms with Crippen molar-refractivity contribution in [3.63, 3.8) is 0 Å². The molecule has 0 saturated heterocycles. The molecule has 1 aromatic heterocycles. The van der Waals surface area contributed by atoms with Crippen LogP contribution in [0.25, 0.3) is 0 Å². The molecule has 1 unspecified atom stereocenters. The zero-order chi connectivity index (χ0) is 10.9. The van der Waals surface area contributed by atoms with E-state index in [9.17, 15) is 4.79 Å². The van der Waals surface area contributed by atoms with Gasteiger partial charge in [0.1, 0.15) is 0 Å². The summed E-state index contributed by atoms with van der Waals surface area (Å²) < 4.78 is 1.52. The second-order valence-corrected chi connectivity index (χ2v) is 3.49. The van der Waals surface area contributed by atoms with E-state index in [4.69, 9.17) is 22.4 Å². The summed E-state index contributed by atoms with van der Waals surface area (Å²) in [4.78, 5) is 10.5. The largest absolute Gasteiger partial charge is 0.481 e. The van der Waals surface area contributed by atoms with Gasteiger partial charge in [0.25, 0.3) is 0 Å². The highest BCUT2D eigenvalue weighted by atomic mass is 35.5. The van der Waals surface area contributed by atoms with Crippen LogP contribution in [0.1, 0.15) is 23.9 Å². The second kappa shape index (κ2) is 3.98. The van der Waals surface area contributed by atoms with E-state index in [-0.39, 0.29) is 6.42 Å². The Balaban J connectivity index is 2.99. The van der Waals surface area contributed by atoms with Crippen LogP contribution in [0, 0.1) is 6.92 Å². The molecule has 0 saturated carbocycles. The molecule has 6 heteroatoms. The first kappa shape index (κ1) is 11.0. The molecule has 0 bridgehead atoms. The molecule has 1 heterocycles. The topological polar surface area (TPSA) is 81.1 Å². The molecule has 0 amide bonds. The fraction of sp³-hybridized carbons (Fsp3) is 0.500. The van der Waals surface area contributed by atoms with Gasteiger partial charge in [-0.2, -0.15) is 5.10 Å². The normalized spacial score (nSPS) is 12.9. The van der Waals surface area contributed by atoms with Crippen LogP contribution in [-0.2, 0) is 11.8 Å². The molecule has 5 nitrogen and oxygen atoms in total. The molecule has 1 atom stereocenters. The first-order valence-electron chi connectivity index (χ1n) is 4.09. The average molecular weight is 218 g/mol. The number of halogens is 1. The van der Waals surface area contributed by atoms with E-state index in [0.717, 1.165) is 0 Å². The summed E-state index contributed by atoms with van der Waals surface area (Å²) in [6, 6.07) is -0.619. The Labute approximate surface area is 86.5 Å². The number of nitrogens with zero attached hydrogens (tertiary/aromatic N) is 2. The van der Waals surface area contributed by atoms with Gasteiger partial charge in [-0.1, -0.05) is 11.6 Å². The lowest BCUT2D eigenvalue weighted by molar-refractivity contribution is -0.137. The molecule has 3 N–H and O–H groups in total. The molecular weight excluding hydrogens is 206 g/mol. The van der Waals surface area contributed by atoms with Crippen molar-refractivity contribution in [3.05, 3.63) is 16.4 Å². The van der Waals surface area contributed by atoms with Gasteiger partial charge >= 0.3 is 5.97 Å². The lowest BCUT2D eigenvalue weighted by Crippen LogP contribution is -2.18. The maximum absolute atomic E-state index is 10.5. The number of carboxylic acids is 1. The van der Waals surface area contributed by atoms with Gasteiger partial charge in [-0.15, -0.1) is 0 Å². The molecule has 1 rings (SSSR count). The van der Waals surface area contributed by atoms with Gasteiger partial charge in [0.15, 0.2) is 0 Å². The van der Waals surface area contributed by atoms with Crippen LogP contribution in [-0.4, -0.2) is 20.9 Å². The molecular formula is C8H12ClN3O2. The number of nitrogens with two attached hydrogens (primary N) is 1. The van der Waals surface area contributed by atoms with E-state index >= 15 is 0 Å². The third-order valence-electron chi connectivity index (χ3n) is 1.94. The lowest BCUT2D eigenvalue weighted by Gasteiger charge is -2.09. The standard InChI is InChI=1S/C8H12ClN3O2/c1-4-7(9)8(12(2)11-4)5(10)3-6(13)14/h5H,3,10H2,1-2H3,(H,13,14). The Morgan fingerprint density at radius 2 is 2.36 bits per heavy atom. The number of carbonyl (C=O) groups is 1. The second-order valence-electron chi connectivity index (χ2n) is 3.11. The van der Waals surface area contributed by atoms with E-state index in [1.807, 2.05) is 0 Å². The van der Waals surface area contributed by atoms with Crippen LogP contribution in [0.5, 0.6) is 0 Å². The van der Waals surface area contributed by atoms with E-state index in [1.54, 1.807) is 14.0 Å². The zero-order valence-corrected chi connectivity index (χ0v) is 8.75. The fourth-order valence-electron chi connectivity index (χ4n) is 1.34. The van der Waals surface area contributed by atoms with E-state index < -0.39 is 12.0 Å². The molecule has 0 aromatic carbocycles. The fourth-order valence-corrected chi connectivity index (χ4v) is 1.64. The Bertz CT molecular complexity index is 362. The number of hydrogen-bond donors (Lipinski definition) is 2. The highest BCUT2D eigenvalue weighted by Crippen LogP contribution is 2.25. The van der Waals surface area contributed by atoms with E-state index in [0.29, 0.717) is 16.4 Å². The minimum atomic E-state index is -0.951. The molecule has 0 fully saturated rings. The van der Waals surface area contributed by atoms with Gasteiger partial charge in [-0.3, -0.25) is 9.48 Å². The van der Waals surface area contributed by atoms with Crippen molar-refractivity contribution >= 4 is 17.6 Å². The summed E-state index contributed by atoms with van der Waals surface area (Å²) in [6.07, 6.45) is -0.154. The van der Waals surface area contributed by atoms with Gasteiger partial charge in [0, 0.05) is 7.05 Å². The number of aryl methyl sites for hydroxylation is 2. The Kier molecular flexibility index (Phi) is 3.13. The summed E-state index contributed by atoms with van der Waals surface area (Å²) in [5.41, 5.74) is 6.90. The number of hydrogen-bond acceptors (Lipinski definition) is 3. The van der Waals surface area contributed by atoms with Crippen molar-refractivity contribution in [1.29, 1.82) is 0 Å². The molecule has 78 valence electrons. The van der Waals surface area contributed by atoms with Crippen molar-refractivity contribution in [2.75, 3.05) is 0 Å². The maximum atomic E-state index is 10.5. The van der Waals surface area contributed by atoms with Crippen molar-refractivity contribution < 1.29 is 9.90 Å². The van der Waals surface area contributed by atoms with Gasteiger partial charge < -0.3 is 10.8 Å². The van der Waals surface area contributed by atoms with E-state index in [2.05, 4.69) is 5.10 Å². The quantitative estimate of drug-likeness (QED) is 0.787. The first-order chi connectivity index (χ1) is 6.43. The number of rotatable bonds is 3. The average Bonchev–Trinajstić information content (AvgIpc) is 2.25. The summed E-state index contributed by atoms with van der Waals surface area (Å²) >= 11 is 5.94. The minimum Gasteiger partial charge on any atom is -0.481 e. The molecule has 0 aliphatic heterocycles. The summed E-state index contributed by atoms with van der Waals surface area (Å²) in [5.74, 6) is -0.951. The van der Waals surface area contributed by atoms with Crippen LogP contribution >= 0.6 is 11.6 Å². The van der Waals surface area contributed by atoms with Crippen LogP contribution < -0.4 is 5.73 Å². The summed E-state index contributed by atoms with van der Waals surface area (Å²) in [6.45, 7) is 1.75. The summed E-state index contributed by atoms with van der Waals surface area (Å²) in [7, 11) is 1.69. The predicted octanol–water partition coefficient (Wildman–Crippen LogP) is 0.856. The lowest BCUT2D eigenvalue weighted by atomic mass is 10.1. The van der Waals surface area contributed by atoms with Crippen molar-refractivity contribution in [2.45, 2.75) is 19.4 Å². The van der Waals surface area contributed by atoms with Crippen LogP contribution in [0.15, 0.2) is 0 Å². The minimum absolute atomic E-state index is 0.154. The first-order valence-corrected chi connectivity index (χ1v) is 4.47. The number of carboxylic acid groups (broad SMARTS) is 1. The van der Waals surface area contributed by atoms with Crippen molar-refractivity contribution in [2.24, 2.45) is 12.8 Å². The Hall–Kier alpha value is -1.07. The Morgan fingerprint density at radius 3 is 2.71 bits per heavy atom. The smallest absolute Gasteiger partial charge is 0.305 e. The van der Waals surface area contributed by atoms with E-state index in [1.165, 1.54) is 4.68 Å². The molecule has 14 heavy (non-hydrogen) atoms. The SMILES string of the molecule is Cc1nn(C)c(C(N)CC(=O)O)c1Cl. The highest BCUT2D eigenvalue weighted by molar-refractivity contribution is 6.31. The predicted molar refractivity (Wildman–Crippen MR) is 52.1 cm³/mol. The molecule has 0 spiro atoms. The third-order valence-corrected chi connectivity index (χ3v) is 2.40. The zero-order valence-electron chi connectivity index (χ0n) is 7.99. The van der Waals surface area contributed by atoms with Crippen molar-refractivity contribution in [1.82, 2.24) is 9.78 Å². The van der Waals surface area contributed by atoms with Gasteiger partial charge in [0.05, 0.1) is 28.9 Å². The maximum Gasteiger partial charge on any atom is 0.305 e. The molecule has 0 radical (unpaired) electrons. The number of aliphatic carboxylic acids is 1. The molecule has 0 aliphatic carbocycles. The van der Waals surface area contributed by atoms with Crippen molar-refractivity contribution in [3.8, 4) is 0 Å². The third kappa shape index (κ3) is 2.05.